The lowest BCUT2D eigenvalue weighted by Crippen LogP contribution is -2.32. The summed E-state index contributed by atoms with van der Waals surface area (Å²) >= 11 is 0. The summed E-state index contributed by atoms with van der Waals surface area (Å²) in [6, 6.07) is 7.60. The highest BCUT2D eigenvalue weighted by Gasteiger charge is 2.11. The van der Waals surface area contributed by atoms with Crippen LogP contribution < -0.4 is 5.56 Å². The summed E-state index contributed by atoms with van der Waals surface area (Å²) in [5, 5.41) is 0.723. The van der Waals surface area contributed by atoms with E-state index in [1.54, 1.807) is 0 Å². The van der Waals surface area contributed by atoms with Crippen LogP contribution in [0.5, 0.6) is 0 Å². The first-order chi connectivity index (χ1) is 10.3. The van der Waals surface area contributed by atoms with Gasteiger partial charge in [0.1, 0.15) is 5.82 Å². The van der Waals surface area contributed by atoms with Crippen molar-refractivity contribution >= 4 is 10.9 Å². The molecule has 112 valence electrons. The fraction of sp³-hybridized carbons (Fsp3) is 0.529. The van der Waals surface area contributed by atoms with Crippen LogP contribution in [0.4, 0.5) is 0 Å². The zero-order chi connectivity index (χ0) is 14.7. The average Bonchev–Trinajstić information content (AvgIpc) is 2.51. The van der Waals surface area contributed by atoms with Crippen LogP contribution in [0.3, 0.4) is 0 Å². The standard InChI is InChI=1S/C17H23N3O/c1-14-18-16-9-4-3-8-15(16)17(21)20(14)13-7-12-19-10-5-2-6-11-19/h3-4,8-9H,2,5-7,10-13H2,1H3. The summed E-state index contributed by atoms with van der Waals surface area (Å²) in [7, 11) is 0. The van der Waals surface area contributed by atoms with E-state index in [-0.39, 0.29) is 5.56 Å². The number of aryl methyl sites for hydroxylation is 1. The van der Waals surface area contributed by atoms with Gasteiger partial charge in [0, 0.05) is 6.54 Å². The molecule has 0 atom stereocenters. The minimum absolute atomic E-state index is 0.0942. The highest BCUT2D eigenvalue weighted by atomic mass is 16.1. The molecule has 0 spiro atoms. The number of aromatic nitrogens is 2. The van der Waals surface area contributed by atoms with Crippen molar-refractivity contribution in [3.8, 4) is 0 Å². The first-order valence-electron chi connectivity index (χ1n) is 7.94. The monoisotopic (exact) mass is 285 g/mol. The predicted octanol–water partition coefficient (Wildman–Crippen LogP) is 2.58. The van der Waals surface area contributed by atoms with Crippen molar-refractivity contribution in [1.82, 2.24) is 14.5 Å². The number of likely N-dealkylation sites (tertiary alicyclic amines) is 1. The van der Waals surface area contributed by atoms with Gasteiger partial charge in [0.05, 0.1) is 10.9 Å². The van der Waals surface area contributed by atoms with Crippen LogP contribution in [-0.2, 0) is 6.54 Å². The first kappa shape index (κ1) is 14.3. The number of hydrogen-bond donors (Lipinski definition) is 0. The van der Waals surface area contributed by atoms with Crippen molar-refractivity contribution in [2.45, 2.75) is 39.2 Å². The van der Waals surface area contributed by atoms with E-state index in [1.807, 2.05) is 35.8 Å². The predicted molar refractivity (Wildman–Crippen MR) is 85.6 cm³/mol. The highest BCUT2D eigenvalue weighted by Crippen LogP contribution is 2.10. The van der Waals surface area contributed by atoms with E-state index in [0.29, 0.717) is 0 Å². The van der Waals surface area contributed by atoms with Crippen molar-refractivity contribution < 1.29 is 0 Å². The molecule has 0 radical (unpaired) electrons. The van der Waals surface area contributed by atoms with Crippen molar-refractivity contribution in [3.05, 3.63) is 40.4 Å². The van der Waals surface area contributed by atoms with Gasteiger partial charge in [-0.15, -0.1) is 0 Å². The molecule has 1 aromatic carbocycles. The van der Waals surface area contributed by atoms with Gasteiger partial charge in [-0.25, -0.2) is 4.98 Å². The summed E-state index contributed by atoms with van der Waals surface area (Å²) in [6.07, 6.45) is 5.01. The van der Waals surface area contributed by atoms with Crippen LogP contribution >= 0.6 is 0 Å². The third-order valence-corrected chi connectivity index (χ3v) is 4.36. The van der Waals surface area contributed by atoms with Gasteiger partial charge in [0.2, 0.25) is 0 Å². The lowest BCUT2D eigenvalue weighted by molar-refractivity contribution is 0.222. The molecule has 1 fully saturated rings. The molecule has 2 heterocycles. The fourth-order valence-corrected chi connectivity index (χ4v) is 3.18. The van der Waals surface area contributed by atoms with Gasteiger partial charge in [-0.05, 0) is 58.0 Å². The zero-order valence-electron chi connectivity index (χ0n) is 12.7. The largest absolute Gasteiger partial charge is 0.303 e. The van der Waals surface area contributed by atoms with Gasteiger partial charge >= 0.3 is 0 Å². The Bertz CT molecular complexity index is 671. The Balaban J connectivity index is 1.73. The third-order valence-electron chi connectivity index (χ3n) is 4.36. The summed E-state index contributed by atoms with van der Waals surface area (Å²) in [4.78, 5) is 19.6. The van der Waals surface area contributed by atoms with Crippen LogP contribution in [0.2, 0.25) is 0 Å². The van der Waals surface area contributed by atoms with Crippen molar-refractivity contribution in [2.75, 3.05) is 19.6 Å². The second kappa shape index (κ2) is 6.39. The van der Waals surface area contributed by atoms with E-state index in [1.165, 1.54) is 32.4 Å². The second-order valence-corrected chi connectivity index (χ2v) is 5.89. The number of rotatable bonds is 4. The Kier molecular flexibility index (Phi) is 4.34. The fourth-order valence-electron chi connectivity index (χ4n) is 3.18. The van der Waals surface area contributed by atoms with Crippen LogP contribution in [-0.4, -0.2) is 34.1 Å². The highest BCUT2D eigenvalue weighted by molar-refractivity contribution is 5.77. The number of para-hydroxylation sites is 1. The van der Waals surface area contributed by atoms with Crippen LogP contribution in [0, 0.1) is 6.92 Å². The number of hydrogen-bond acceptors (Lipinski definition) is 3. The Morgan fingerprint density at radius 1 is 1.10 bits per heavy atom. The molecule has 2 aromatic rings. The summed E-state index contributed by atoms with van der Waals surface area (Å²) in [6.45, 7) is 6.19. The molecule has 0 unspecified atom stereocenters. The van der Waals surface area contributed by atoms with Gasteiger partial charge in [-0.3, -0.25) is 9.36 Å². The van der Waals surface area contributed by atoms with E-state index >= 15 is 0 Å². The topological polar surface area (TPSA) is 38.1 Å². The normalized spacial score (nSPS) is 16.4. The summed E-state index contributed by atoms with van der Waals surface area (Å²) in [5.74, 6) is 0.817. The van der Waals surface area contributed by atoms with Gasteiger partial charge in [-0.2, -0.15) is 0 Å². The van der Waals surface area contributed by atoms with Gasteiger partial charge in [-0.1, -0.05) is 18.6 Å². The lowest BCUT2D eigenvalue weighted by Gasteiger charge is -2.26. The maximum Gasteiger partial charge on any atom is 0.261 e. The van der Waals surface area contributed by atoms with Crippen LogP contribution in [0.1, 0.15) is 31.5 Å². The van der Waals surface area contributed by atoms with Crippen LogP contribution in [0.25, 0.3) is 10.9 Å². The van der Waals surface area contributed by atoms with Crippen molar-refractivity contribution in [2.24, 2.45) is 0 Å². The van der Waals surface area contributed by atoms with Gasteiger partial charge < -0.3 is 4.90 Å². The molecular weight excluding hydrogens is 262 g/mol. The van der Waals surface area contributed by atoms with Gasteiger partial charge in [0.15, 0.2) is 0 Å². The number of nitrogens with zero attached hydrogens (tertiary/aromatic N) is 3. The maximum atomic E-state index is 12.5. The van der Waals surface area contributed by atoms with E-state index in [2.05, 4.69) is 9.88 Å². The molecule has 1 aromatic heterocycles. The van der Waals surface area contributed by atoms with Crippen molar-refractivity contribution in [3.63, 3.8) is 0 Å². The second-order valence-electron chi connectivity index (χ2n) is 5.89. The van der Waals surface area contributed by atoms with Crippen molar-refractivity contribution in [1.29, 1.82) is 0 Å². The number of fused-ring (bicyclic) bond motifs is 1. The average molecular weight is 285 g/mol. The van der Waals surface area contributed by atoms with E-state index < -0.39 is 0 Å². The van der Waals surface area contributed by atoms with E-state index in [4.69, 9.17) is 0 Å². The van der Waals surface area contributed by atoms with Gasteiger partial charge in [0.25, 0.3) is 5.56 Å². The molecule has 0 aliphatic carbocycles. The first-order valence-corrected chi connectivity index (χ1v) is 7.94. The van der Waals surface area contributed by atoms with Crippen LogP contribution in [0.15, 0.2) is 29.1 Å². The zero-order valence-corrected chi connectivity index (χ0v) is 12.7. The van der Waals surface area contributed by atoms with E-state index in [9.17, 15) is 4.79 Å². The third kappa shape index (κ3) is 3.16. The molecule has 4 nitrogen and oxygen atoms in total. The summed E-state index contributed by atoms with van der Waals surface area (Å²) < 4.78 is 1.83. The Morgan fingerprint density at radius 2 is 1.86 bits per heavy atom. The lowest BCUT2D eigenvalue weighted by atomic mass is 10.1. The minimum atomic E-state index is 0.0942. The maximum absolute atomic E-state index is 12.5. The molecule has 1 aliphatic rings. The smallest absolute Gasteiger partial charge is 0.261 e. The SMILES string of the molecule is Cc1nc2ccccc2c(=O)n1CCCN1CCCCC1. The molecule has 1 saturated heterocycles. The molecule has 0 bridgehead atoms. The quantitative estimate of drug-likeness (QED) is 0.866. The molecule has 3 rings (SSSR count). The Hall–Kier alpha value is -1.68. The number of piperidine rings is 1. The molecule has 1 aliphatic heterocycles. The summed E-state index contributed by atoms with van der Waals surface area (Å²) in [5.41, 5.74) is 0.893. The molecule has 0 saturated carbocycles. The Labute approximate surface area is 125 Å². The molecular formula is C17H23N3O. The molecule has 4 heteroatoms. The molecule has 0 amide bonds. The van der Waals surface area contributed by atoms with E-state index in [0.717, 1.165) is 36.2 Å². The Morgan fingerprint density at radius 3 is 2.67 bits per heavy atom. The minimum Gasteiger partial charge on any atom is -0.303 e. The molecule has 0 N–H and O–H groups in total. The molecule has 21 heavy (non-hydrogen) atoms. The number of benzene rings is 1.